The molecule has 1 saturated carbocycles. The van der Waals surface area contributed by atoms with E-state index in [9.17, 15) is 0 Å². The Morgan fingerprint density at radius 2 is 1.84 bits per heavy atom. The van der Waals surface area contributed by atoms with Crippen LogP contribution in [0.15, 0.2) is 30.3 Å². The Labute approximate surface area is 117 Å². The number of hydrogen-bond acceptors (Lipinski definition) is 2. The van der Waals surface area contributed by atoms with Gasteiger partial charge in [-0.25, -0.2) is 0 Å². The van der Waals surface area contributed by atoms with E-state index >= 15 is 0 Å². The van der Waals surface area contributed by atoms with Gasteiger partial charge in [-0.2, -0.15) is 0 Å². The van der Waals surface area contributed by atoms with Crippen molar-refractivity contribution in [2.45, 2.75) is 58.8 Å². The Balaban J connectivity index is 1.94. The zero-order valence-corrected chi connectivity index (χ0v) is 12.5. The topological polar surface area (TPSA) is 21.3 Å². The van der Waals surface area contributed by atoms with Gasteiger partial charge < -0.3 is 10.1 Å². The lowest BCUT2D eigenvalue weighted by Crippen LogP contribution is -2.63. The minimum Gasteiger partial charge on any atom is -0.373 e. The van der Waals surface area contributed by atoms with Crippen LogP contribution in [0, 0.1) is 5.41 Å². The number of nitrogens with one attached hydrogen (secondary N) is 1. The van der Waals surface area contributed by atoms with Crippen LogP contribution in [0.4, 0.5) is 0 Å². The Bertz CT molecular complexity index is 372. The van der Waals surface area contributed by atoms with E-state index in [0.29, 0.717) is 17.6 Å². The van der Waals surface area contributed by atoms with E-state index in [4.69, 9.17) is 4.74 Å². The van der Waals surface area contributed by atoms with Gasteiger partial charge in [0.1, 0.15) is 0 Å². The molecule has 0 aliphatic heterocycles. The summed E-state index contributed by atoms with van der Waals surface area (Å²) >= 11 is 0. The first-order valence-corrected chi connectivity index (χ1v) is 7.65. The van der Waals surface area contributed by atoms with Crippen LogP contribution >= 0.6 is 0 Å². The molecule has 0 aromatic heterocycles. The van der Waals surface area contributed by atoms with E-state index in [1.54, 1.807) is 0 Å². The van der Waals surface area contributed by atoms with E-state index in [1.165, 1.54) is 18.4 Å². The first kappa shape index (κ1) is 14.5. The summed E-state index contributed by atoms with van der Waals surface area (Å²) in [5.74, 6) is 0. The predicted octanol–water partition coefficient (Wildman–Crippen LogP) is 3.76. The molecule has 19 heavy (non-hydrogen) atoms. The van der Waals surface area contributed by atoms with Crippen LogP contribution in [0.2, 0.25) is 0 Å². The molecule has 2 nitrogen and oxygen atoms in total. The van der Waals surface area contributed by atoms with Gasteiger partial charge in [0.05, 0.1) is 12.7 Å². The van der Waals surface area contributed by atoms with Gasteiger partial charge in [-0.1, -0.05) is 51.1 Å². The average Bonchev–Trinajstić information content (AvgIpc) is 2.44. The Hall–Kier alpha value is -0.860. The fourth-order valence-electron chi connectivity index (χ4n) is 3.48. The predicted molar refractivity (Wildman–Crippen MR) is 80.1 cm³/mol. The molecule has 1 aliphatic carbocycles. The highest BCUT2D eigenvalue weighted by atomic mass is 16.5. The van der Waals surface area contributed by atoms with Crippen LogP contribution in [0.5, 0.6) is 0 Å². The monoisotopic (exact) mass is 261 g/mol. The molecule has 2 unspecified atom stereocenters. The van der Waals surface area contributed by atoms with Crippen LogP contribution in [0.25, 0.3) is 0 Å². The van der Waals surface area contributed by atoms with Gasteiger partial charge in [-0.05, 0) is 31.4 Å². The molecule has 1 aromatic rings. The van der Waals surface area contributed by atoms with E-state index < -0.39 is 0 Å². The number of benzene rings is 1. The largest absolute Gasteiger partial charge is 0.373 e. The third kappa shape index (κ3) is 2.85. The minimum atomic E-state index is 0.338. The third-order valence-corrected chi connectivity index (χ3v) is 4.85. The second kappa shape index (κ2) is 6.53. The first-order valence-electron chi connectivity index (χ1n) is 7.65. The highest BCUT2D eigenvalue weighted by Gasteiger charge is 2.52. The van der Waals surface area contributed by atoms with Gasteiger partial charge in [-0.3, -0.25) is 0 Å². The SMILES string of the molecule is CCNC1CC(OCc2ccccc2)C1(CC)CC. The standard InChI is InChI=1S/C17H27NO/c1-4-17(5-2)15(18-6-3)12-16(17)19-13-14-10-8-7-9-11-14/h7-11,15-16,18H,4-6,12-13H2,1-3H3. The fraction of sp³-hybridized carbons (Fsp3) is 0.647. The lowest BCUT2D eigenvalue weighted by atomic mass is 9.58. The molecule has 1 fully saturated rings. The van der Waals surface area contributed by atoms with Crippen molar-refractivity contribution in [3.63, 3.8) is 0 Å². The molecule has 2 rings (SSSR count). The van der Waals surface area contributed by atoms with Crippen molar-refractivity contribution in [1.29, 1.82) is 0 Å². The summed E-state index contributed by atoms with van der Waals surface area (Å²) in [4.78, 5) is 0. The summed E-state index contributed by atoms with van der Waals surface area (Å²) in [5, 5.41) is 3.62. The summed E-state index contributed by atoms with van der Waals surface area (Å²) in [6, 6.07) is 11.1. The third-order valence-electron chi connectivity index (χ3n) is 4.85. The molecule has 0 radical (unpaired) electrons. The molecule has 106 valence electrons. The molecule has 0 bridgehead atoms. The van der Waals surface area contributed by atoms with Crippen LogP contribution in [0.3, 0.4) is 0 Å². The molecular weight excluding hydrogens is 234 g/mol. The molecule has 1 aliphatic rings. The van der Waals surface area contributed by atoms with Crippen molar-refractivity contribution in [2.75, 3.05) is 6.54 Å². The molecular formula is C17H27NO. The number of ether oxygens (including phenoxy) is 1. The van der Waals surface area contributed by atoms with Crippen LogP contribution in [-0.2, 0) is 11.3 Å². The fourth-order valence-corrected chi connectivity index (χ4v) is 3.48. The van der Waals surface area contributed by atoms with Crippen LogP contribution < -0.4 is 5.32 Å². The Kier molecular flexibility index (Phi) is 5.00. The lowest BCUT2D eigenvalue weighted by Gasteiger charge is -2.55. The number of hydrogen-bond donors (Lipinski definition) is 1. The molecule has 2 atom stereocenters. The maximum absolute atomic E-state index is 6.20. The quantitative estimate of drug-likeness (QED) is 0.807. The maximum atomic E-state index is 6.20. The van der Waals surface area contributed by atoms with Gasteiger partial charge in [0, 0.05) is 11.5 Å². The van der Waals surface area contributed by atoms with Gasteiger partial charge in [0.25, 0.3) is 0 Å². The van der Waals surface area contributed by atoms with Crippen molar-refractivity contribution >= 4 is 0 Å². The summed E-state index contributed by atoms with van der Waals surface area (Å²) in [7, 11) is 0. The molecule has 0 saturated heterocycles. The first-order chi connectivity index (χ1) is 9.26. The number of rotatable bonds is 7. The zero-order valence-electron chi connectivity index (χ0n) is 12.5. The van der Waals surface area contributed by atoms with Crippen LogP contribution in [-0.4, -0.2) is 18.7 Å². The van der Waals surface area contributed by atoms with E-state index in [2.05, 4.69) is 56.4 Å². The Morgan fingerprint density at radius 3 is 2.42 bits per heavy atom. The molecule has 2 heteroatoms. The molecule has 0 spiro atoms. The zero-order chi connectivity index (χ0) is 13.7. The van der Waals surface area contributed by atoms with E-state index in [-0.39, 0.29) is 0 Å². The van der Waals surface area contributed by atoms with Gasteiger partial charge in [0.2, 0.25) is 0 Å². The van der Waals surface area contributed by atoms with Crippen LogP contribution in [0.1, 0.15) is 45.6 Å². The van der Waals surface area contributed by atoms with Gasteiger partial charge in [-0.15, -0.1) is 0 Å². The molecule has 0 amide bonds. The summed E-state index contributed by atoms with van der Waals surface area (Å²) in [6.45, 7) is 8.58. The van der Waals surface area contributed by atoms with Crippen molar-refractivity contribution in [3.8, 4) is 0 Å². The summed E-state index contributed by atoms with van der Waals surface area (Å²) < 4.78 is 6.20. The molecule has 0 heterocycles. The lowest BCUT2D eigenvalue weighted by molar-refractivity contribution is -0.146. The second-order valence-corrected chi connectivity index (χ2v) is 5.57. The highest BCUT2D eigenvalue weighted by molar-refractivity contribution is 5.14. The smallest absolute Gasteiger partial charge is 0.0720 e. The van der Waals surface area contributed by atoms with Gasteiger partial charge in [0.15, 0.2) is 0 Å². The van der Waals surface area contributed by atoms with E-state index in [1.807, 2.05) is 0 Å². The minimum absolute atomic E-state index is 0.338. The van der Waals surface area contributed by atoms with Crippen molar-refractivity contribution in [3.05, 3.63) is 35.9 Å². The summed E-state index contributed by atoms with van der Waals surface area (Å²) in [6.07, 6.45) is 3.95. The Morgan fingerprint density at radius 1 is 1.16 bits per heavy atom. The maximum Gasteiger partial charge on any atom is 0.0720 e. The van der Waals surface area contributed by atoms with Crippen molar-refractivity contribution in [2.24, 2.45) is 5.41 Å². The summed E-state index contributed by atoms with van der Waals surface area (Å²) in [5.41, 5.74) is 1.61. The van der Waals surface area contributed by atoms with Crippen molar-refractivity contribution in [1.82, 2.24) is 5.32 Å². The highest BCUT2D eigenvalue weighted by Crippen LogP contribution is 2.49. The average molecular weight is 261 g/mol. The normalized spacial score (nSPS) is 25.0. The molecule has 1 aromatic carbocycles. The van der Waals surface area contributed by atoms with Gasteiger partial charge >= 0.3 is 0 Å². The molecule has 1 N–H and O–H groups in total. The van der Waals surface area contributed by atoms with E-state index in [0.717, 1.165) is 19.6 Å². The van der Waals surface area contributed by atoms with Crippen molar-refractivity contribution < 1.29 is 4.74 Å². The second-order valence-electron chi connectivity index (χ2n) is 5.57.